The molecule has 1 aliphatic heterocycles. The predicted molar refractivity (Wildman–Crippen MR) is 161 cm³/mol. The maximum absolute atomic E-state index is 12.3. The van der Waals surface area contributed by atoms with Crippen LogP contribution in [0, 0.1) is 0 Å². The van der Waals surface area contributed by atoms with Gasteiger partial charge in [-0.25, -0.2) is 0 Å². The van der Waals surface area contributed by atoms with E-state index in [9.17, 15) is 5.11 Å². The van der Waals surface area contributed by atoms with Crippen LogP contribution in [0.2, 0.25) is 18.1 Å². The van der Waals surface area contributed by atoms with Crippen molar-refractivity contribution in [2.75, 3.05) is 6.61 Å². The zero-order valence-electron chi connectivity index (χ0n) is 23.5. The fourth-order valence-corrected chi connectivity index (χ4v) is 5.87. The summed E-state index contributed by atoms with van der Waals surface area (Å²) in [5.74, 6) is 1.52. The van der Waals surface area contributed by atoms with E-state index in [2.05, 4.69) is 58.1 Å². The highest BCUT2D eigenvalue weighted by Gasteiger charge is 2.39. The van der Waals surface area contributed by atoms with Crippen LogP contribution in [0.1, 0.15) is 37.5 Å². The summed E-state index contributed by atoms with van der Waals surface area (Å²) in [5, 5.41) is 17.4. The lowest BCUT2D eigenvalue weighted by molar-refractivity contribution is 0.123. The van der Waals surface area contributed by atoms with Gasteiger partial charge in [-0.15, -0.1) is 0 Å². The summed E-state index contributed by atoms with van der Waals surface area (Å²) in [7, 11) is -1.87. The topological polar surface area (TPSA) is 52.8 Å². The summed E-state index contributed by atoms with van der Waals surface area (Å²) < 4.78 is 12.6. The number of hydrogen-bond acceptors (Lipinski definition) is 3. The van der Waals surface area contributed by atoms with Gasteiger partial charge in [-0.1, -0.05) is 118 Å². The molecular weight excluding hydrogens is 498 g/mol. The molecule has 4 nitrogen and oxygen atoms in total. The summed E-state index contributed by atoms with van der Waals surface area (Å²) >= 11 is 0. The van der Waals surface area contributed by atoms with E-state index in [1.54, 1.807) is 0 Å². The quantitative estimate of drug-likeness (QED) is 0.311. The van der Waals surface area contributed by atoms with Crippen molar-refractivity contribution in [2.24, 2.45) is 0 Å². The van der Waals surface area contributed by atoms with Gasteiger partial charge in [0.05, 0.1) is 6.61 Å². The van der Waals surface area contributed by atoms with Crippen LogP contribution in [-0.4, -0.2) is 26.1 Å². The molecule has 1 fully saturated rings. The molecule has 0 aromatic heterocycles. The van der Waals surface area contributed by atoms with Crippen LogP contribution in [0.15, 0.2) is 120 Å². The normalized spacial score (nSPS) is 19.4. The largest absolute Gasteiger partial charge is 0.648 e. The lowest BCUT2D eigenvalue weighted by Crippen LogP contribution is -2.43. The Kier molecular flexibility index (Phi) is 7.32. The average molecular weight is 537 g/mol. The highest BCUT2D eigenvalue weighted by molar-refractivity contribution is 6.74. The second-order valence-corrected chi connectivity index (χ2v) is 16.6. The summed E-state index contributed by atoms with van der Waals surface area (Å²) in [6, 6.07) is 28.0. The van der Waals surface area contributed by atoms with Gasteiger partial charge in [-0.05, 0) is 53.4 Å². The highest BCUT2D eigenvalue weighted by Crippen LogP contribution is 2.45. The Balaban J connectivity index is 1.34. The van der Waals surface area contributed by atoms with Crippen LogP contribution in [-0.2, 0) is 16.8 Å². The van der Waals surface area contributed by atoms with Gasteiger partial charge in [0.25, 0.3) is 0 Å². The Hall–Kier alpha value is -3.54. The van der Waals surface area contributed by atoms with Crippen LogP contribution in [0.25, 0.3) is 5.32 Å². The predicted octanol–water partition coefficient (Wildman–Crippen LogP) is 8.03. The van der Waals surface area contributed by atoms with Crippen LogP contribution in [0.3, 0.4) is 0 Å². The Morgan fingerprint density at radius 1 is 0.897 bits per heavy atom. The lowest BCUT2D eigenvalue weighted by Gasteiger charge is -2.36. The maximum atomic E-state index is 12.3. The molecule has 0 spiro atoms. The molecule has 0 radical (unpaired) electrons. The second-order valence-electron chi connectivity index (χ2n) is 11.9. The van der Waals surface area contributed by atoms with Gasteiger partial charge in [-0.2, -0.15) is 0 Å². The molecule has 0 saturated carbocycles. The van der Waals surface area contributed by atoms with E-state index in [0.29, 0.717) is 12.5 Å². The average Bonchev–Trinajstić information content (AvgIpc) is 3.60. The number of benzene rings is 3. The molecule has 0 unspecified atom stereocenters. The molecule has 1 atom stereocenters. The van der Waals surface area contributed by atoms with Crippen molar-refractivity contribution < 1.29 is 14.3 Å². The van der Waals surface area contributed by atoms with E-state index in [0.717, 1.165) is 34.4 Å². The van der Waals surface area contributed by atoms with Gasteiger partial charge in [0.15, 0.2) is 0 Å². The first-order valence-electron chi connectivity index (χ1n) is 13.7. The van der Waals surface area contributed by atoms with Crippen molar-refractivity contribution in [3.05, 3.63) is 142 Å². The summed E-state index contributed by atoms with van der Waals surface area (Å²) in [4.78, 5) is 0. The van der Waals surface area contributed by atoms with E-state index in [-0.39, 0.29) is 11.1 Å². The molecule has 1 saturated heterocycles. The van der Waals surface area contributed by atoms with Gasteiger partial charge in [-0.3, -0.25) is 0 Å². The minimum Gasteiger partial charge on any atom is -0.648 e. The second kappa shape index (κ2) is 10.6. The minimum atomic E-state index is -1.87. The van der Waals surface area contributed by atoms with E-state index in [4.69, 9.17) is 14.5 Å². The number of nitrogens with zero attached hydrogens (tertiary/aromatic N) is 1. The van der Waals surface area contributed by atoms with Crippen molar-refractivity contribution in [1.82, 2.24) is 0 Å². The molecule has 0 amide bonds. The van der Waals surface area contributed by atoms with Crippen molar-refractivity contribution in [3.8, 4) is 5.75 Å². The fraction of sp³-hybridized carbons (Fsp3) is 0.294. The van der Waals surface area contributed by atoms with Crippen LogP contribution >= 0.6 is 0 Å². The monoisotopic (exact) mass is 536 g/mol. The summed E-state index contributed by atoms with van der Waals surface area (Å²) in [5.41, 5.74) is 3.07. The summed E-state index contributed by atoms with van der Waals surface area (Å²) in [6.45, 7) is 11.8. The molecule has 39 heavy (non-hydrogen) atoms. The molecular formula is C34H38NO3Si-. The van der Waals surface area contributed by atoms with Crippen molar-refractivity contribution >= 4 is 8.32 Å². The number of rotatable bonds is 7. The van der Waals surface area contributed by atoms with Gasteiger partial charge in [0.2, 0.25) is 8.32 Å². The molecule has 5 rings (SSSR count). The number of allylic oxidation sites excluding steroid dienone is 3. The Morgan fingerprint density at radius 2 is 1.49 bits per heavy atom. The van der Waals surface area contributed by atoms with Gasteiger partial charge in [0, 0.05) is 17.0 Å². The third kappa shape index (κ3) is 5.47. The van der Waals surface area contributed by atoms with E-state index < -0.39 is 13.9 Å². The Bertz CT molecular complexity index is 1340. The van der Waals surface area contributed by atoms with E-state index in [1.165, 1.54) is 5.56 Å². The number of ether oxygens (including phenoxy) is 1. The molecule has 1 aliphatic carbocycles. The molecule has 2 aliphatic rings. The van der Waals surface area contributed by atoms with Gasteiger partial charge < -0.3 is 19.6 Å². The minimum absolute atomic E-state index is 0.0106. The first kappa shape index (κ1) is 27.0. The zero-order valence-corrected chi connectivity index (χ0v) is 24.5. The first-order valence-corrected chi connectivity index (χ1v) is 16.6. The van der Waals surface area contributed by atoms with Crippen LogP contribution < -0.4 is 4.43 Å². The molecule has 202 valence electrons. The third-order valence-electron chi connectivity index (χ3n) is 8.11. The maximum Gasteiger partial charge on any atom is 0.250 e. The first-order chi connectivity index (χ1) is 18.6. The SMILES string of the molecule is CC(C)(C)[Si](C)(C)Oc1ccc(C[C@H]2CO/C(=C3\C=CC=C3C(O)(c3ccccc3)c3ccccc3)[N-]2)cc1. The molecule has 1 N–H and O–H groups in total. The van der Waals surface area contributed by atoms with E-state index >= 15 is 0 Å². The molecule has 3 aromatic rings. The van der Waals surface area contributed by atoms with Crippen LogP contribution in [0.5, 0.6) is 5.75 Å². The van der Waals surface area contributed by atoms with Gasteiger partial charge >= 0.3 is 0 Å². The lowest BCUT2D eigenvalue weighted by atomic mass is 9.78. The summed E-state index contributed by atoms with van der Waals surface area (Å²) in [6.07, 6.45) is 6.69. The Labute approximate surface area is 233 Å². The molecule has 5 heteroatoms. The van der Waals surface area contributed by atoms with Crippen molar-refractivity contribution in [1.29, 1.82) is 0 Å². The number of hydrogen-bond donors (Lipinski definition) is 1. The smallest absolute Gasteiger partial charge is 0.250 e. The van der Waals surface area contributed by atoms with Crippen LogP contribution in [0.4, 0.5) is 0 Å². The standard InChI is InChI=1S/C34H38NO3Si/c1-33(2,3)39(4,5)38-29-21-19-25(20-22-29)23-28-24-37-32(35-28)30-17-12-18-31(30)34(36,26-13-8-6-9-14-26)27-15-10-7-11-16-27/h6-22,28,36H,23-24H2,1-5H3/q-1/b32-30+/t28-/m0/s1. The zero-order chi connectivity index (χ0) is 27.7. The molecule has 3 aromatic carbocycles. The molecule has 0 bridgehead atoms. The van der Waals surface area contributed by atoms with Crippen molar-refractivity contribution in [2.45, 2.75) is 57.0 Å². The fourth-order valence-electron chi connectivity index (χ4n) is 4.84. The van der Waals surface area contributed by atoms with Crippen molar-refractivity contribution in [3.63, 3.8) is 0 Å². The number of aliphatic hydroxyl groups is 1. The van der Waals surface area contributed by atoms with E-state index in [1.807, 2.05) is 78.9 Å². The van der Waals surface area contributed by atoms with Gasteiger partial charge in [0.1, 0.15) is 11.4 Å². The Morgan fingerprint density at radius 3 is 2.05 bits per heavy atom. The third-order valence-corrected chi connectivity index (χ3v) is 12.5. The molecule has 1 heterocycles. The highest BCUT2D eigenvalue weighted by atomic mass is 28.4.